The Bertz CT molecular complexity index is 937. The van der Waals surface area contributed by atoms with Crippen molar-refractivity contribution in [3.05, 3.63) is 73.3 Å². The Morgan fingerprint density at radius 1 is 0.838 bits per heavy atom. The smallest absolute Gasteiger partial charge is 0.261 e. The maximum atomic E-state index is 7.16. The van der Waals surface area contributed by atoms with E-state index < -0.39 is 16.6 Å². The highest BCUT2D eigenvalue weighted by Crippen LogP contribution is 2.40. The van der Waals surface area contributed by atoms with Crippen LogP contribution in [-0.4, -0.2) is 41.6 Å². The lowest BCUT2D eigenvalue weighted by Crippen LogP contribution is -2.66. The third kappa shape index (κ3) is 7.13. The average Bonchev–Trinajstić information content (AvgIpc) is 2.81. The Balaban J connectivity index is 1.82. The number of hydrogen-bond acceptors (Lipinski definition) is 3. The van der Waals surface area contributed by atoms with Gasteiger partial charge < -0.3 is 13.6 Å². The molecule has 1 fully saturated rings. The molecule has 3 atom stereocenters. The number of ether oxygens (including phenoxy) is 1. The Labute approximate surface area is 228 Å². The van der Waals surface area contributed by atoms with E-state index in [1.165, 1.54) is 10.4 Å². The molecule has 2 aromatic rings. The zero-order valence-electron chi connectivity index (χ0n) is 24.6. The molecule has 0 bridgehead atoms. The van der Waals surface area contributed by atoms with Crippen molar-refractivity contribution in [1.29, 1.82) is 0 Å². The molecule has 0 amide bonds. The SMILES string of the molecule is C=CC[C@H]1C[C@@H](O[Si](C)(C)C(C)(C)C)C[C@H](CCO[Si](c2ccccc2)(c2ccccc2)C(C)(C)C)O1. The first kappa shape index (κ1) is 30.0. The van der Waals surface area contributed by atoms with Gasteiger partial charge in [-0.1, -0.05) is 108 Å². The van der Waals surface area contributed by atoms with Gasteiger partial charge in [-0.2, -0.15) is 0 Å². The van der Waals surface area contributed by atoms with Crippen LogP contribution in [0.15, 0.2) is 73.3 Å². The first-order chi connectivity index (χ1) is 17.3. The molecule has 3 nitrogen and oxygen atoms in total. The van der Waals surface area contributed by atoms with Gasteiger partial charge in [0.2, 0.25) is 0 Å². The summed E-state index contributed by atoms with van der Waals surface area (Å²) < 4.78 is 20.6. The third-order valence-electron chi connectivity index (χ3n) is 8.31. The predicted molar refractivity (Wildman–Crippen MR) is 163 cm³/mol. The second-order valence-electron chi connectivity index (χ2n) is 13.2. The standard InChI is InChI=1S/C32H50O3Si2/c1-10-17-26-24-28(35-36(8,9)31(2,3)4)25-27(34-26)22-23-33-37(32(5,6)7,29-18-13-11-14-19-29)30-20-15-12-16-21-30/h10-16,18-21,26-28H,1,17,22-25H2,2-9H3/t26-,27-,28+/m0/s1. The summed E-state index contributed by atoms with van der Waals surface area (Å²) in [6.45, 7) is 23.3. The van der Waals surface area contributed by atoms with Crippen LogP contribution in [0.4, 0.5) is 0 Å². The van der Waals surface area contributed by atoms with Crippen molar-refractivity contribution >= 4 is 27.0 Å². The van der Waals surface area contributed by atoms with E-state index in [-0.39, 0.29) is 28.4 Å². The Morgan fingerprint density at radius 3 is 1.81 bits per heavy atom. The summed E-state index contributed by atoms with van der Waals surface area (Å²) in [6, 6.07) is 21.8. The molecule has 1 aliphatic rings. The molecule has 0 spiro atoms. The summed E-state index contributed by atoms with van der Waals surface area (Å²) >= 11 is 0. The minimum atomic E-state index is -2.54. The molecule has 37 heavy (non-hydrogen) atoms. The average molecular weight is 539 g/mol. The summed E-state index contributed by atoms with van der Waals surface area (Å²) in [7, 11) is -4.40. The maximum absolute atomic E-state index is 7.16. The van der Waals surface area contributed by atoms with Crippen molar-refractivity contribution < 1.29 is 13.6 Å². The van der Waals surface area contributed by atoms with Crippen molar-refractivity contribution in [3.63, 3.8) is 0 Å². The van der Waals surface area contributed by atoms with Crippen molar-refractivity contribution in [3.8, 4) is 0 Å². The second-order valence-corrected chi connectivity index (χ2v) is 22.2. The molecule has 204 valence electrons. The van der Waals surface area contributed by atoms with Crippen LogP contribution in [0, 0.1) is 0 Å². The lowest BCUT2D eigenvalue weighted by atomic mass is 9.98. The number of rotatable bonds is 10. The Morgan fingerprint density at radius 2 is 1.35 bits per heavy atom. The molecule has 0 N–H and O–H groups in total. The lowest BCUT2D eigenvalue weighted by Gasteiger charge is -2.44. The monoisotopic (exact) mass is 538 g/mol. The van der Waals surface area contributed by atoms with Gasteiger partial charge in [0.1, 0.15) is 0 Å². The molecule has 1 heterocycles. The zero-order valence-corrected chi connectivity index (χ0v) is 26.6. The summed E-state index contributed by atoms with van der Waals surface area (Å²) in [5, 5.41) is 2.81. The van der Waals surface area contributed by atoms with Gasteiger partial charge in [0.25, 0.3) is 8.32 Å². The molecule has 3 rings (SSSR count). The fraction of sp³-hybridized carbons (Fsp3) is 0.562. The fourth-order valence-electron chi connectivity index (χ4n) is 5.38. The highest BCUT2D eigenvalue weighted by Gasteiger charge is 2.50. The normalized spacial score (nSPS) is 21.6. The number of hydrogen-bond donors (Lipinski definition) is 0. The van der Waals surface area contributed by atoms with E-state index in [0.717, 1.165) is 25.7 Å². The molecule has 2 aromatic carbocycles. The largest absolute Gasteiger partial charge is 0.414 e. The molecular formula is C32H50O3Si2. The summed E-state index contributed by atoms with van der Waals surface area (Å²) in [4.78, 5) is 0. The Kier molecular flexibility index (Phi) is 9.84. The van der Waals surface area contributed by atoms with Crippen LogP contribution in [0.1, 0.15) is 67.2 Å². The van der Waals surface area contributed by atoms with Crippen LogP contribution < -0.4 is 10.4 Å². The van der Waals surface area contributed by atoms with Crippen LogP contribution in [0.5, 0.6) is 0 Å². The summed E-state index contributed by atoms with van der Waals surface area (Å²) in [5.74, 6) is 0. The first-order valence-electron chi connectivity index (χ1n) is 14.0. The third-order valence-corrected chi connectivity index (χ3v) is 17.9. The van der Waals surface area contributed by atoms with E-state index in [4.69, 9.17) is 13.6 Å². The molecule has 1 saturated heterocycles. The van der Waals surface area contributed by atoms with E-state index in [0.29, 0.717) is 6.61 Å². The zero-order chi connectivity index (χ0) is 27.3. The Hall–Kier alpha value is -1.51. The van der Waals surface area contributed by atoms with Crippen LogP contribution in [-0.2, 0) is 13.6 Å². The van der Waals surface area contributed by atoms with Gasteiger partial charge >= 0.3 is 0 Å². The van der Waals surface area contributed by atoms with Crippen molar-refractivity contribution in [2.45, 2.75) is 109 Å². The van der Waals surface area contributed by atoms with Gasteiger partial charge in [-0.15, -0.1) is 6.58 Å². The molecule has 0 unspecified atom stereocenters. The highest BCUT2D eigenvalue weighted by atomic mass is 28.4. The summed E-state index contributed by atoms with van der Waals surface area (Å²) in [6.07, 6.45) is 6.13. The molecule has 0 aliphatic carbocycles. The van der Waals surface area contributed by atoms with Gasteiger partial charge in [-0.25, -0.2) is 0 Å². The molecule has 0 radical (unpaired) electrons. The van der Waals surface area contributed by atoms with Crippen LogP contribution >= 0.6 is 0 Å². The first-order valence-corrected chi connectivity index (χ1v) is 18.8. The van der Waals surface area contributed by atoms with Crippen LogP contribution in [0.25, 0.3) is 0 Å². The van der Waals surface area contributed by atoms with Crippen molar-refractivity contribution in [1.82, 2.24) is 0 Å². The molecule has 5 heteroatoms. The molecule has 0 saturated carbocycles. The van der Waals surface area contributed by atoms with Gasteiger partial charge in [-0.05, 0) is 59.2 Å². The summed E-state index contributed by atoms with van der Waals surface area (Å²) in [5.41, 5.74) is 0. The molecule has 1 aliphatic heterocycles. The number of benzene rings is 2. The van der Waals surface area contributed by atoms with Gasteiger partial charge in [-0.3, -0.25) is 0 Å². The quantitative estimate of drug-likeness (QED) is 0.232. The van der Waals surface area contributed by atoms with Crippen LogP contribution in [0.3, 0.4) is 0 Å². The van der Waals surface area contributed by atoms with E-state index in [9.17, 15) is 0 Å². The maximum Gasteiger partial charge on any atom is 0.261 e. The molecular weight excluding hydrogens is 489 g/mol. The minimum absolute atomic E-state index is 0.0253. The van der Waals surface area contributed by atoms with Crippen LogP contribution in [0.2, 0.25) is 23.2 Å². The predicted octanol–water partition coefficient (Wildman–Crippen LogP) is 7.47. The molecule has 0 aromatic heterocycles. The van der Waals surface area contributed by atoms with Gasteiger partial charge in [0.05, 0.1) is 12.2 Å². The lowest BCUT2D eigenvalue weighted by molar-refractivity contribution is -0.0955. The van der Waals surface area contributed by atoms with E-state index in [1.807, 2.05) is 6.08 Å². The van der Waals surface area contributed by atoms with E-state index in [2.05, 4.69) is 122 Å². The van der Waals surface area contributed by atoms with Gasteiger partial charge in [0.15, 0.2) is 8.32 Å². The second kappa shape index (κ2) is 12.1. The topological polar surface area (TPSA) is 27.7 Å². The minimum Gasteiger partial charge on any atom is -0.414 e. The van der Waals surface area contributed by atoms with E-state index >= 15 is 0 Å². The van der Waals surface area contributed by atoms with Crippen molar-refractivity contribution in [2.75, 3.05) is 6.61 Å². The fourth-order valence-corrected chi connectivity index (χ4v) is 11.3. The highest BCUT2D eigenvalue weighted by molar-refractivity contribution is 6.99. The van der Waals surface area contributed by atoms with E-state index in [1.54, 1.807) is 0 Å². The van der Waals surface area contributed by atoms with Crippen molar-refractivity contribution in [2.24, 2.45) is 0 Å². The van der Waals surface area contributed by atoms with Gasteiger partial charge in [0, 0.05) is 12.7 Å².